The fourth-order valence-electron chi connectivity index (χ4n) is 3.63. The van der Waals surface area contributed by atoms with E-state index in [1.54, 1.807) is 12.3 Å². The SMILES string of the molecule is Cc1coc2cc3oc(=O)c(CC(=O)NCC(C)c4ccccc4)c(C)c3cc12. The van der Waals surface area contributed by atoms with E-state index < -0.39 is 5.63 Å². The van der Waals surface area contributed by atoms with Gasteiger partial charge in [-0.2, -0.15) is 0 Å². The van der Waals surface area contributed by atoms with Crippen LogP contribution in [0.2, 0.25) is 0 Å². The Balaban J connectivity index is 1.57. The van der Waals surface area contributed by atoms with Crippen LogP contribution in [0.4, 0.5) is 0 Å². The zero-order valence-electron chi connectivity index (χ0n) is 16.7. The minimum Gasteiger partial charge on any atom is -0.464 e. The van der Waals surface area contributed by atoms with Gasteiger partial charge < -0.3 is 14.2 Å². The van der Waals surface area contributed by atoms with Crippen LogP contribution in [0, 0.1) is 13.8 Å². The number of carbonyl (C=O) groups excluding carboxylic acids is 1. The van der Waals surface area contributed by atoms with Gasteiger partial charge in [-0.3, -0.25) is 4.79 Å². The Morgan fingerprint density at radius 2 is 1.83 bits per heavy atom. The van der Waals surface area contributed by atoms with Gasteiger partial charge in [-0.15, -0.1) is 0 Å². The Hall–Kier alpha value is -3.34. The fraction of sp³-hybridized carbons (Fsp3) is 0.250. The van der Waals surface area contributed by atoms with Crippen molar-refractivity contribution in [2.45, 2.75) is 33.1 Å². The number of benzene rings is 2. The highest BCUT2D eigenvalue weighted by Crippen LogP contribution is 2.28. The van der Waals surface area contributed by atoms with Gasteiger partial charge in [0.1, 0.15) is 11.2 Å². The molecule has 5 nitrogen and oxygen atoms in total. The van der Waals surface area contributed by atoms with Crippen LogP contribution in [-0.4, -0.2) is 12.5 Å². The van der Waals surface area contributed by atoms with Crippen LogP contribution in [0.3, 0.4) is 0 Å². The molecule has 4 aromatic rings. The van der Waals surface area contributed by atoms with Gasteiger partial charge in [0.25, 0.3) is 0 Å². The van der Waals surface area contributed by atoms with E-state index in [1.165, 1.54) is 0 Å². The topological polar surface area (TPSA) is 72.5 Å². The molecular weight excluding hydrogens is 366 g/mol. The van der Waals surface area contributed by atoms with Crippen LogP contribution < -0.4 is 10.9 Å². The van der Waals surface area contributed by atoms with Gasteiger partial charge in [-0.25, -0.2) is 4.79 Å². The second kappa shape index (κ2) is 7.59. The maximum atomic E-state index is 12.5. The molecule has 29 heavy (non-hydrogen) atoms. The molecule has 0 radical (unpaired) electrons. The molecule has 0 saturated carbocycles. The number of aryl methyl sites for hydroxylation is 2. The van der Waals surface area contributed by atoms with Crippen LogP contribution in [0.5, 0.6) is 0 Å². The lowest BCUT2D eigenvalue weighted by Crippen LogP contribution is -2.30. The van der Waals surface area contributed by atoms with Gasteiger partial charge in [-0.1, -0.05) is 37.3 Å². The van der Waals surface area contributed by atoms with Crippen LogP contribution in [0.1, 0.15) is 35.1 Å². The van der Waals surface area contributed by atoms with Crippen molar-refractivity contribution in [3.63, 3.8) is 0 Å². The van der Waals surface area contributed by atoms with Crippen LogP contribution >= 0.6 is 0 Å². The van der Waals surface area contributed by atoms with Gasteiger partial charge in [0, 0.05) is 23.4 Å². The van der Waals surface area contributed by atoms with Crippen molar-refractivity contribution in [3.8, 4) is 0 Å². The summed E-state index contributed by atoms with van der Waals surface area (Å²) in [4.78, 5) is 25.0. The third kappa shape index (κ3) is 3.68. The first-order valence-electron chi connectivity index (χ1n) is 9.70. The lowest BCUT2D eigenvalue weighted by atomic mass is 10.0. The molecule has 4 rings (SSSR count). The highest BCUT2D eigenvalue weighted by atomic mass is 16.4. The standard InChI is InChI=1S/C24H23NO4/c1-14(17-7-5-4-6-8-17)12-25-23(26)10-20-16(3)19-9-18-15(2)13-28-21(18)11-22(19)29-24(20)27/h4-9,11,13-14H,10,12H2,1-3H3,(H,25,26). The largest absolute Gasteiger partial charge is 0.464 e. The van der Waals surface area contributed by atoms with Crippen molar-refractivity contribution in [1.82, 2.24) is 5.32 Å². The summed E-state index contributed by atoms with van der Waals surface area (Å²) in [6, 6.07) is 13.7. The Labute approximate surface area is 168 Å². The Kier molecular flexibility index (Phi) is 4.97. The number of amides is 1. The first-order chi connectivity index (χ1) is 13.9. The van der Waals surface area contributed by atoms with Crippen molar-refractivity contribution in [3.05, 3.63) is 81.4 Å². The first kappa shape index (κ1) is 19.0. The lowest BCUT2D eigenvalue weighted by Gasteiger charge is -2.13. The highest BCUT2D eigenvalue weighted by molar-refractivity contribution is 5.96. The van der Waals surface area contributed by atoms with E-state index in [2.05, 4.69) is 12.2 Å². The van der Waals surface area contributed by atoms with Gasteiger partial charge in [0.2, 0.25) is 5.91 Å². The Morgan fingerprint density at radius 3 is 2.59 bits per heavy atom. The van der Waals surface area contributed by atoms with E-state index in [0.717, 1.165) is 27.5 Å². The van der Waals surface area contributed by atoms with Crippen molar-refractivity contribution >= 4 is 27.8 Å². The summed E-state index contributed by atoms with van der Waals surface area (Å²) in [5, 5.41) is 4.73. The summed E-state index contributed by atoms with van der Waals surface area (Å²) in [6.45, 7) is 6.39. The fourth-order valence-corrected chi connectivity index (χ4v) is 3.63. The summed E-state index contributed by atoms with van der Waals surface area (Å²) < 4.78 is 11.0. The van der Waals surface area contributed by atoms with Crippen molar-refractivity contribution in [2.75, 3.05) is 6.54 Å². The van der Waals surface area contributed by atoms with Crippen molar-refractivity contribution in [2.24, 2.45) is 0 Å². The minimum atomic E-state index is -0.483. The van der Waals surface area contributed by atoms with Crippen molar-refractivity contribution in [1.29, 1.82) is 0 Å². The summed E-state index contributed by atoms with van der Waals surface area (Å²) >= 11 is 0. The summed E-state index contributed by atoms with van der Waals surface area (Å²) in [7, 11) is 0. The highest BCUT2D eigenvalue weighted by Gasteiger charge is 2.17. The molecule has 1 unspecified atom stereocenters. The quantitative estimate of drug-likeness (QED) is 0.506. The molecule has 5 heteroatoms. The predicted octanol–water partition coefficient (Wildman–Crippen LogP) is 4.62. The normalized spacial score (nSPS) is 12.4. The van der Waals surface area contributed by atoms with Gasteiger partial charge in [-0.05, 0) is 42.5 Å². The van der Waals surface area contributed by atoms with E-state index in [4.69, 9.17) is 8.83 Å². The van der Waals surface area contributed by atoms with E-state index in [-0.39, 0.29) is 18.2 Å². The predicted molar refractivity (Wildman–Crippen MR) is 113 cm³/mol. The van der Waals surface area contributed by atoms with E-state index in [0.29, 0.717) is 23.3 Å². The molecule has 0 spiro atoms. The molecule has 0 fully saturated rings. The maximum absolute atomic E-state index is 12.5. The number of hydrogen-bond acceptors (Lipinski definition) is 4. The number of nitrogens with one attached hydrogen (secondary N) is 1. The third-order valence-corrected chi connectivity index (χ3v) is 5.49. The minimum absolute atomic E-state index is 0.00593. The summed E-state index contributed by atoms with van der Waals surface area (Å²) in [6.07, 6.45) is 1.67. The molecule has 1 atom stereocenters. The molecule has 0 saturated heterocycles. The Bertz CT molecular complexity index is 1250. The monoisotopic (exact) mass is 389 g/mol. The molecule has 0 bridgehead atoms. The molecular formula is C24H23NO4. The molecule has 0 aliphatic heterocycles. The van der Waals surface area contributed by atoms with Gasteiger partial charge >= 0.3 is 5.63 Å². The number of fused-ring (bicyclic) bond motifs is 2. The summed E-state index contributed by atoms with van der Waals surface area (Å²) in [5.41, 5.74) is 4.00. The molecule has 0 aliphatic rings. The number of rotatable bonds is 5. The lowest BCUT2D eigenvalue weighted by molar-refractivity contribution is -0.120. The summed E-state index contributed by atoms with van der Waals surface area (Å²) in [5.74, 6) is -0.00490. The number of carbonyl (C=O) groups is 1. The van der Waals surface area contributed by atoms with Gasteiger partial charge in [0.05, 0.1) is 18.2 Å². The van der Waals surface area contributed by atoms with Crippen molar-refractivity contribution < 1.29 is 13.6 Å². The molecule has 0 aliphatic carbocycles. The molecule has 2 heterocycles. The van der Waals surface area contributed by atoms with Crippen LogP contribution in [0.25, 0.3) is 21.9 Å². The molecule has 1 amide bonds. The second-order valence-corrected chi connectivity index (χ2v) is 7.55. The first-order valence-corrected chi connectivity index (χ1v) is 9.70. The average Bonchev–Trinajstić information content (AvgIpc) is 3.08. The molecule has 2 aromatic carbocycles. The zero-order chi connectivity index (χ0) is 20.5. The van der Waals surface area contributed by atoms with E-state index in [9.17, 15) is 9.59 Å². The zero-order valence-corrected chi connectivity index (χ0v) is 16.7. The molecule has 148 valence electrons. The Morgan fingerprint density at radius 1 is 1.07 bits per heavy atom. The maximum Gasteiger partial charge on any atom is 0.340 e. The smallest absolute Gasteiger partial charge is 0.340 e. The second-order valence-electron chi connectivity index (χ2n) is 7.55. The molecule has 2 aromatic heterocycles. The third-order valence-electron chi connectivity index (χ3n) is 5.49. The van der Waals surface area contributed by atoms with E-state index in [1.807, 2.05) is 50.2 Å². The number of furan rings is 1. The van der Waals surface area contributed by atoms with E-state index >= 15 is 0 Å². The molecule has 1 N–H and O–H groups in total. The van der Waals surface area contributed by atoms with Gasteiger partial charge in [0.15, 0.2) is 0 Å². The number of hydrogen-bond donors (Lipinski definition) is 1. The average molecular weight is 389 g/mol. The van der Waals surface area contributed by atoms with Crippen LogP contribution in [0.15, 0.2) is 62.4 Å². The van der Waals surface area contributed by atoms with Crippen LogP contribution in [-0.2, 0) is 11.2 Å².